The van der Waals surface area contributed by atoms with Crippen molar-refractivity contribution >= 4 is 11.7 Å². The van der Waals surface area contributed by atoms with Crippen LogP contribution in [0.2, 0.25) is 0 Å². The van der Waals surface area contributed by atoms with E-state index in [4.69, 9.17) is 19.6 Å². The van der Waals surface area contributed by atoms with Crippen LogP contribution >= 0.6 is 0 Å². The molecule has 7 nitrogen and oxygen atoms in total. The van der Waals surface area contributed by atoms with E-state index >= 15 is 0 Å². The van der Waals surface area contributed by atoms with Gasteiger partial charge >= 0.3 is 0 Å². The molecule has 176 valence electrons. The number of allylic oxidation sites excluding steroid dienone is 2. The summed E-state index contributed by atoms with van der Waals surface area (Å²) in [5.74, 6) is 2.70. The van der Waals surface area contributed by atoms with Crippen LogP contribution in [0.4, 0.5) is 5.95 Å². The third-order valence-electron chi connectivity index (χ3n) is 6.83. The van der Waals surface area contributed by atoms with Gasteiger partial charge in [-0.05, 0) is 55.0 Å². The highest BCUT2D eigenvalue weighted by atomic mass is 16.5. The molecule has 1 unspecified atom stereocenters. The SMILES string of the molecule is COc1ccc(C2C3=C(CC(C)(C)CC3=O)Nc3nc(-c4ccc(C)c(C)c4)nn32)c(OC)c1. The fourth-order valence-electron chi connectivity index (χ4n) is 4.94. The largest absolute Gasteiger partial charge is 0.497 e. The molecular formula is C27H30N4O3. The average Bonchev–Trinajstić information content (AvgIpc) is 3.22. The van der Waals surface area contributed by atoms with Gasteiger partial charge in [0.05, 0.1) is 14.2 Å². The van der Waals surface area contributed by atoms with Crippen molar-refractivity contribution in [2.45, 2.75) is 46.6 Å². The molecule has 0 fully saturated rings. The van der Waals surface area contributed by atoms with Gasteiger partial charge in [0.15, 0.2) is 11.6 Å². The number of fused-ring (bicyclic) bond motifs is 1. The Morgan fingerprint density at radius 1 is 1.03 bits per heavy atom. The number of hydrogen-bond donors (Lipinski definition) is 1. The van der Waals surface area contributed by atoms with E-state index in [2.05, 4.69) is 45.1 Å². The van der Waals surface area contributed by atoms with Gasteiger partial charge in [-0.15, -0.1) is 5.10 Å². The first-order valence-electron chi connectivity index (χ1n) is 11.5. The van der Waals surface area contributed by atoms with E-state index in [-0.39, 0.29) is 11.2 Å². The zero-order valence-electron chi connectivity index (χ0n) is 20.5. The van der Waals surface area contributed by atoms with Crippen LogP contribution in [0.15, 0.2) is 47.7 Å². The van der Waals surface area contributed by atoms with E-state index in [0.29, 0.717) is 29.7 Å². The molecule has 2 heterocycles. The predicted molar refractivity (Wildman–Crippen MR) is 131 cm³/mol. The van der Waals surface area contributed by atoms with Crippen molar-refractivity contribution in [3.05, 3.63) is 64.4 Å². The van der Waals surface area contributed by atoms with E-state index in [1.54, 1.807) is 14.2 Å². The van der Waals surface area contributed by atoms with Crippen LogP contribution in [0.1, 0.15) is 49.4 Å². The van der Waals surface area contributed by atoms with Crippen molar-refractivity contribution in [1.29, 1.82) is 0 Å². The Hall–Kier alpha value is -3.61. The van der Waals surface area contributed by atoms with Gasteiger partial charge in [-0.1, -0.05) is 26.0 Å². The minimum absolute atomic E-state index is 0.121. The second kappa shape index (κ2) is 8.01. The van der Waals surface area contributed by atoms with Gasteiger partial charge in [-0.3, -0.25) is 4.79 Å². The Morgan fingerprint density at radius 3 is 2.53 bits per heavy atom. The third-order valence-corrected chi connectivity index (χ3v) is 6.83. The number of aromatic nitrogens is 3. The maximum absolute atomic E-state index is 13.5. The first-order chi connectivity index (χ1) is 16.2. The van der Waals surface area contributed by atoms with Crippen molar-refractivity contribution in [3.63, 3.8) is 0 Å². The summed E-state index contributed by atoms with van der Waals surface area (Å²) < 4.78 is 13.0. The maximum Gasteiger partial charge on any atom is 0.226 e. The van der Waals surface area contributed by atoms with E-state index in [9.17, 15) is 4.79 Å². The number of anilines is 1. The number of hydrogen-bond acceptors (Lipinski definition) is 6. The highest BCUT2D eigenvalue weighted by Crippen LogP contribution is 2.47. The number of carbonyl (C=O) groups is 1. The molecule has 2 aromatic carbocycles. The Balaban J connectivity index is 1.71. The van der Waals surface area contributed by atoms with Crippen LogP contribution in [0, 0.1) is 19.3 Å². The lowest BCUT2D eigenvalue weighted by atomic mass is 9.73. The van der Waals surface area contributed by atoms with Gasteiger partial charge in [0.1, 0.15) is 17.5 Å². The molecule has 1 atom stereocenters. The van der Waals surface area contributed by atoms with Crippen molar-refractivity contribution in [2.75, 3.05) is 19.5 Å². The van der Waals surface area contributed by atoms with Gasteiger partial charge in [0.25, 0.3) is 0 Å². The fraction of sp³-hybridized carbons (Fsp3) is 0.370. The molecule has 7 heteroatoms. The Morgan fingerprint density at radius 2 is 1.82 bits per heavy atom. The second-order valence-electron chi connectivity index (χ2n) is 9.97. The molecule has 5 rings (SSSR count). The second-order valence-corrected chi connectivity index (χ2v) is 9.97. The summed E-state index contributed by atoms with van der Waals surface area (Å²) in [6, 6.07) is 11.5. The zero-order valence-corrected chi connectivity index (χ0v) is 20.5. The Labute approximate surface area is 199 Å². The standard InChI is InChI=1S/C27H30N4O3/c1-15-7-8-17(11-16(15)2)25-29-26-28-20-13-27(3,4)14-21(32)23(20)24(31(26)30-25)19-10-9-18(33-5)12-22(19)34-6/h7-12,24H,13-14H2,1-6H3,(H,28,29,30). The molecule has 3 aromatic rings. The van der Waals surface area contributed by atoms with E-state index in [1.807, 2.05) is 28.9 Å². The maximum atomic E-state index is 13.5. The Kier molecular flexibility index (Phi) is 5.23. The van der Waals surface area contributed by atoms with Crippen molar-refractivity contribution in [1.82, 2.24) is 14.8 Å². The van der Waals surface area contributed by atoms with E-state index < -0.39 is 6.04 Å². The van der Waals surface area contributed by atoms with Crippen molar-refractivity contribution < 1.29 is 14.3 Å². The van der Waals surface area contributed by atoms with Crippen molar-refractivity contribution in [2.24, 2.45) is 5.41 Å². The number of aryl methyl sites for hydroxylation is 2. The number of methoxy groups -OCH3 is 2. The molecule has 2 aliphatic rings. The minimum atomic E-state index is -0.441. The third kappa shape index (κ3) is 3.65. The molecule has 1 aliphatic heterocycles. The van der Waals surface area contributed by atoms with Crippen LogP contribution in [0.25, 0.3) is 11.4 Å². The lowest BCUT2D eigenvalue weighted by molar-refractivity contribution is -0.118. The van der Waals surface area contributed by atoms with Crippen LogP contribution in [-0.4, -0.2) is 34.8 Å². The summed E-state index contributed by atoms with van der Waals surface area (Å²) >= 11 is 0. The number of nitrogens with one attached hydrogen (secondary N) is 1. The molecule has 1 N–H and O–H groups in total. The number of rotatable bonds is 4. The van der Waals surface area contributed by atoms with E-state index in [1.165, 1.54) is 11.1 Å². The summed E-state index contributed by atoms with van der Waals surface area (Å²) in [6.45, 7) is 8.42. The summed E-state index contributed by atoms with van der Waals surface area (Å²) in [7, 11) is 3.25. The first kappa shape index (κ1) is 22.2. The lowest BCUT2D eigenvalue weighted by Crippen LogP contribution is -2.36. The fourth-order valence-corrected chi connectivity index (χ4v) is 4.94. The van der Waals surface area contributed by atoms with Gasteiger partial charge in [0.2, 0.25) is 5.95 Å². The van der Waals surface area contributed by atoms with E-state index in [0.717, 1.165) is 28.8 Å². The molecule has 0 bridgehead atoms. The monoisotopic (exact) mass is 458 g/mol. The smallest absolute Gasteiger partial charge is 0.226 e. The van der Waals surface area contributed by atoms with Crippen molar-refractivity contribution in [3.8, 4) is 22.9 Å². The van der Waals surface area contributed by atoms with Crippen LogP contribution in [0.5, 0.6) is 11.5 Å². The minimum Gasteiger partial charge on any atom is -0.497 e. The summed E-state index contributed by atoms with van der Waals surface area (Å²) in [5, 5.41) is 8.34. The number of ether oxygens (including phenoxy) is 2. The average molecular weight is 459 g/mol. The molecule has 34 heavy (non-hydrogen) atoms. The Bertz CT molecular complexity index is 1340. The number of carbonyl (C=O) groups excluding carboxylic acids is 1. The topological polar surface area (TPSA) is 78.3 Å². The number of Topliss-reactive ketones (excluding diaryl/α,β-unsaturated/α-hetero) is 1. The highest BCUT2D eigenvalue weighted by Gasteiger charge is 2.42. The molecule has 0 radical (unpaired) electrons. The summed E-state index contributed by atoms with van der Waals surface area (Å²) in [6.07, 6.45) is 1.24. The number of benzene rings is 2. The number of ketones is 1. The molecule has 0 saturated heterocycles. The number of nitrogens with zero attached hydrogens (tertiary/aromatic N) is 3. The molecular weight excluding hydrogens is 428 g/mol. The molecule has 1 aromatic heterocycles. The lowest BCUT2D eigenvalue weighted by Gasteiger charge is -2.38. The predicted octanol–water partition coefficient (Wildman–Crippen LogP) is 5.24. The highest BCUT2D eigenvalue weighted by molar-refractivity contribution is 6.00. The van der Waals surface area contributed by atoms with Gasteiger partial charge in [-0.2, -0.15) is 4.98 Å². The first-order valence-corrected chi connectivity index (χ1v) is 11.5. The molecule has 1 aliphatic carbocycles. The van der Waals surface area contributed by atoms with Crippen LogP contribution < -0.4 is 14.8 Å². The summed E-state index contributed by atoms with van der Waals surface area (Å²) in [5.41, 5.74) is 5.71. The van der Waals surface area contributed by atoms with Gasteiger partial charge in [0, 0.05) is 34.9 Å². The van der Waals surface area contributed by atoms with Crippen LogP contribution in [-0.2, 0) is 4.79 Å². The quantitative estimate of drug-likeness (QED) is 0.576. The molecule has 0 amide bonds. The zero-order chi connectivity index (χ0) is 24.2. The normalized spacial score (nSPS) is 18.8. The molecule has 0 saturated carbocycles. The summed E-state index contributed by atoms with van der Waals surface area (Å²) in [4.78, 5) is 18.3. The van der Waals surface area contributed by atoms with Gasteiger partial charge in [-0.25, -0.2) is 4.68 Å². The van der Waals surface area contributed by atoms with Gasteiger partial charge < -0.3 is 14.8 Å². The molecule has 0 spiro atoms. The van der Waals surface area contributed by atoms with Crippen LogP contribution in [0.3, 0.4) is 0 Å².